The minimum atomic E-state index is -0.148. The minimum absolute atomic E-state index is 0.148. The third kappa shape index (κ3) is 3.28. The molecular formula is C16H20FN3S. The Morgan fingerprint density at radius 2 is 1.95 bits per heavy atom. The Balaban J connectivity index is 1.75. The Morgan fingerprint density at radius 1 is 1.19 bits per heavy atom. The molecule has 1 heterocycles. The van der Waals surface area contributed by atoms with Crippen molar-refractivity contribution in [2.24, 2.45) is 0 Å². The molecule has 2 aromatic rings. The number of hydrogen-bond donors (Lipinski definition) is 0. The van der Waals surface area contributed by atoms with Gasteiger partial charge in [0.05, 0.1) is 0 Å². The maximum atomic E-state index is 13.7. The molecule has 21 heavy (non-hydrogen) atoms. The lowest BCUT2D eigenvalue weighted by Gasteiger charge is -2.25. The quantitative estimate of drug-likeness (QED) is 0.778. The van der Waals surface area contributed by atoms with Crippen molar-refractivity contribution in [3.63, 3.8) is 0 Å². The van der Waals surface area contributed by atoms with Gasteiger partial charge in [0.25, 0.3) is 0 Å². The van der Waals surface area contributed by atoms with E-state index in [4.69, 9.17) is 0 Å². The summed E-state index contributed by atoms with van der Waals surface area (Å²) in [4.78, 5) is 0. The average Bonchev–Trinajstić information content (AvgIpc) is 2.88. The molecule has 1 fully saturated rings. The molecule has 0 bridgehead atoms. The van der Waals surface area contributed by atoms with E-state index in [1.165, 1.54) is 38.2 Å². The molecule has 1 aliphatic rings. The highest BCUT2D eigenvalue weighted by molar-refractivity contribution is 7.98. The molecule has 0 amide bonds. The van der Waals surface area contributed by atoms with Gasteiger partial charge in [0.15, 0.2) is 5.16 Å². The topological polar surface area (TPSA) is 30.7 Å². The molecular weight excluding hydrogens is 285 g/mol. The van der Waals surface area contributed by atoms with Crippen LogP contribution in [0.25, 0.3) is 0 Å². The van der Waals surface area contributed by atoms with E-state index < -0.39 is 0 Å². The van der Waals surface area contributed by atoms with Crippen molar-refractivity contribution >= 4 is 11.8 Å². The molecule has 1 aromatic carbocycles. The lowest BCUT2D eigenvalue weighted by molar-refractivity contribution is 0.332. The van der Waals surface area contributed by atoms with Crippen molar-refractivity contribution in [1.82, 2.24) is 14.8 Å². The largest absolute Gasteiger partial charge is 0.303 e. The second kappa shape index (κ2) is 6.60. The summed E-state index contributed by atoms with van der Waals surface area (Å²) in [6, 6.07) is 7.44. The van der Waals surface area contributed by atoms with E-state index >= 15 is 0 Å². The van der Waals surface area contributed by atoms with Crippen LogP contribution in [0.2, 0.25) is 0 Å². The summed E-state index contributed by atoms with van der Waals surface area (Å²) in [5.41, 5.74) is 0.721. The standard InChI is InChI=1S/C16H20FN3S/c1-12-18-19-16(20(12)14-8-3-2-4-9-14)21-11-13-7-5-6-10-15(13)17/h5-7,10,14H,2-4,8-9,11H2,1H3. The summed E-state index contributed by atoms with van der Waals surface area (Å²) in [5.74, 6) is 1.42. The van der Waals surface area contributed by atoms with E-state index in [1.54, 1.807) is 17.8 Å². The predicted molar refractivity (Wildman–Crippen MR) is 82.8 cm³/mol. The third-order valence-electron chi connectivity index (χ3n) is 4.09. The van der Waals surface area contributed by atoms with Crippen LogP contribution in [0.3, 0.4) is 0 Å². The van der Waals surface area contributed by atoms with Gasteiger partial charge in [0, 0.05) is 11.8 Å². The molecule has 0 N–H and O–H groups in total. The van der Waals surface area contributed by atoms with Crippen LogP contribution in [0, 0.1) is 12.7 Å². The molecule has 0 atom stereocenters. The average molecular weight is 305 g/mol. The third-order valence-corrected chi connectivity index (χ3v) is 5.08. The van der Waals surface area contributed by atoms with E-state index in [1.807, 2.05) is 19.1 Å². The number of hydrogen-bond acceptors (Lipinski definition) is 3. The van der Waals surface area contributed by atoms with Gasteiger partial charge in [-0.15, -0.1) is 10.2 Å². The second-order valence-electron chi connectivity index (χ2n) is 5.57. The van der Waals surface area contributed by atoms with Crippen molar-refractivity contribution in [3.05, 3.63) is 41.5 Å². The summed E-state index contributed by atoms with van der Waals surface area (Å²) in [6.45, 7) is 2.01. The first-order valence-electron chi connectivity index (χ1n) is 7.53. The van der Waals surface area contributed by atoms with Crippen LogP contribution in [0.1, 0.15) is 49.5 Å². The van der Waals surface area contributed by atoms with Crippen LogP contribution < -0.4 is 0 Å². The van der Waals surface area contributed by atoms with Gasteiger partial charge in [-0.3, -0.25) is 0 Å². The number of aryl methyl sites for hydroxylation is 1. The number of halogens is 1. The first-order chi connectivity index (χ1) is 10.3. The number of benzene rings is 1. The molecule has 1 saturated carbocycles. The maximum Gasteiger partial charge on any atom is 0.191 e. The van der Waals surface area contributed by atoms with Crippen LogP contribution in [0.4, 0.5) is 4.39 Å². The van der Waals surface area contributed by atoms with Crippen molar-refractivity contribution in [1.29, 1.82) is 0 Å². The van der Waals surface area contributed by atoms with Gasteiger partial charge in [-0.05, 0) is 31.4 Å². The van der Waals surface area contributed by atoms with Crippen molar-refractivity contribution < 1.29 is 4.39 Å². The van der Waals surface area contributed by atoms with Crippen molar-refractivity contribution in [3.8, 4) is 0 Å². The molecule has 0 saturated heterocycles. The van der Waals surface area contributed by atoms with Gasteiger partial charge in [-0.25, -0.2) is 4.39 Å². The molecule has 5 heteroatoms. The first kappa shape index (κ1) is 14.6. The molecule has 0 unspecified atom stereocenters. The predicted octanol–water partition coefficient (Wildman–Crippen LogP) is 4.52. The Bertz CT molecular complexity index is 605. The Labute approximate surface area is 129 Å². The summed E-state index contributed by atoms with van der Waals surface area (Å²) in [6.07, 6.45) is 6.28. The number of nitrogens with zero attached hydrogens (tertiary/aromatic N) is 3. The van der Waals surface area contributed by atoms with Crippen molar-refractivity contribution in [2.45, 2.75) is 56.0 Å². The minimum Gasteiger partial charge on any atom is -0.303 e. The number of thioether (sulfide) groups is 1. The summed E-state index contributed by atoms with van der Waals surface area (Å²) >= 11 is 1.58. The summed E-state index contributed by atoms with van der Waals surface area (Å²) in [5, 5.41) is 9.43. The lowest BCUT2D eigenvalue weighted by Crippen LogP contribution is -2.15. The zero-order chi connectivity index (χ0) is 14.7. The smallest absolute Gasteiger partial charge is 0.191 e. The molecule has 0 spiro atoms. The second-order valence-corrected chi connectivity index (χ2v) is 6.51. The van der Waals surface area contributed by atoms with E-state index in [0.29, 0.717) is 11.8 Å². The fourth-order valence-corrected chi connectivity index (χ4v) is 4.00. The zero-order valence-electron chi connectivity index (χ0n) is 12.3. The Kier molecular flexibility index (Phi) is 4.58. The lowest BCUT2D eigenvalue weighted by atomic mass is 9.95. The molecule has 0 aliphatic heterocycles. The Morgan fingerprint density at radius 3 is 2.71 bits per heavy atom. The van der Waals surface area contributed by atoms with Gasteiger partial charge < -0.3 is 4.57 Å². The van der Waals surface area contributed by atoms with Gasteiger partial charge in [0.2, 0.25) is 0 Å². The molecule has 0 radical (unpaired) electrons. The monoisotopic (exact) mass is 305 g/mol. The van der Waals surface area contributed by atoms with Crippen LogP contribution >= 0.6 is 11.8 Å². The number of rotatable bonds is 4. The highest BCUT2D eigenvalue weighted by Gasteiger charge is 2.21. The molecule has 112 valence electrons. The highest BCUT2D eigenvalue weighted by atomic mass is 32.2. The normalized spacial score (nSPS) is 16.3. The molecule has 3 rings (SSSR count). The molecule has 1 aromatic heterocycles. The van der Waals surface area contributed by atoms with Crippen LogP contribution in [-0.2, 0) is 5.75 Å². The number of aromatic nitrogens is 3. The zero-order valence-corrected chi connectivity index (χ0v) is 13.1. The van der Waals surface area contributed by atoms with Crippen LogP contribution in [0.5, 0.6) is 0 Å². The van der Waals surface area contributed by atoms with Crippen LogP contribution in [-0.4, -0.2) is 14.8 Å². The fraction of sp³-hybridized carbons (Fsp3) is 0.500. The molecule has 1 aliphatic carbocycles. The van der Waals surface area contributed by atoms with Gasteiger partial charge in [0.1, 0.15) is 11.6 Å². The van der Waals surface area contributed by atoms with Gasteiger partial charge >= 0.3 is 0 Å². The van der Waals surface area contributed by atoms with E-state index in [9.17, 15) is 4.39 Å². The first-order valence-corrected chi connectivity index (χ1v) is 8.52. The SMILES string of the molecule is Cc1nnc(SCc2ccccc2F)n1C1CCCCC1. The summed E-state index contributed by atoms with van der Waals surface area (Å²) in [7, 11) is 0. The maximum absolute atomic E-state index is 13.7. The summed E-state index contributed by atoms with van der Waals surface area (Å²) < 4.78 is 16.0. The van der Waals surface area contributed by atoms with Crippen molar-refractivity contribution in [2.75, 3.05) is 0 Å². The van der Waals surface area contributed by atoms with E-state index in [2.05, 4.69) is 14.8 Å². The molecule has 3 nitrogen and oxygen atoms in total. The fourth-order valence-electron chi connectivity index (χ4n) is 2.97. The Hall–Kier alpha value is -1.36. The van der Waals surface area contributed by atoms with Gasteiger partial charge in [-0.2, -0.15) is 0 Å². The van der Waals surface area contributed by atoms with E-state index in [-0.39, 0.29) is 5.82 Å². The highest BCUT2D eigenvalue weighted by Crippen LogP contribution is 2.33. The van der Waals surface area contributed by atoms with Crippen LogP contribution in [0.15, 0.2) is 29.4 Å². The van der Waals surface area contributed by atoms with Gasteiger partial charge in [-0.1, -0.05) is 49.2 Å². The van der Waals surface area contributed by atoms with E-state index in [0.717, 1.165) is 16.5 Å².